The number of aromatic nitrogens is 2. The van der Waals surface area contributed by atoms with Crippen molar-refractivity contribution < 1.29 is 19.6 Å². The van der Waals surface area contributed by atoms with Crippen LogP contribution in [0.15, 0.2) is 49.2 Å². The van der Waals surface area contributed by atoms with Crippen LogP contribution in [0, 0.1) is 10.1 Å². The van der Waals surface area contributed by atoms with Gasteiger partial charge in [-0.15, -0.1) is 0 Å². The third-order valence-corrected chi connectivity index (χ3v) is 5.77. The van der Waals surface area contributed by atoms with Crippen LogP contribution in [0.25, 0.3) is 10.9 Å². The van der Waals surface area contributed by atoms with E-state index < -0.39 is 33.7 Å². The van der Waals surface area contributed by atoms with Gasteiger partial charge in [0.2, 0.25) is 5.75 Å². The molecule has 0 aliphatic rings. The van der Waals surface area contributed by atoms with Gasteiger partial charge in [0.1, 0.15) is 5.82 Å². The molecule has 12 heteroatoms. The minimum absolute atomic E-state index is 0.167. The summed E-state index contributed by atoms with van der Waals surface area (Å²) in [7, 11) is 0. The number of nitro groups is 1. The number of carboxylic acid groups (broad SMARTS) is 1. The first-order valence-electron chi connectivity index (χ1n) is 9.94. The SMILES string of the molecule is C[C@@H](Oc1c(Br)cc(C=Nn2c(C(C)(C)C)nc3ccc(Br)cc3c2=O)cc1[N+](=O)[O-])C(=O)O. The van der Waals surface area contributed by atoms with Crippen molar-refractivity contribution in [1.82, 2.24) is 9.66 Å². The fourth-order valence-electron chi connectivity index (χ4n) is 3.02. The van der Waals surface area contributed by atoms with Crippen molar-refractivity contribution in [2.24, 2.45) is 5.10 Å². The van der Waals surface area contributed by atoms with E-state index in [2.05, 4.69) is 41.9 Å². The first-order chi connectivity index (χ1) is 15.8. The van der Waals surface area contributed by atoms with Crippen LogP contribution in [0.2, 0.25) is 0 Å². The first kappa shape index (κ1) is 25.5. The number of halogens is 2. The highest BCUT2D eigenvalue weighted by Crippen LogP contribution is 2.37. The smallest absolute Gasteiger partial charge is 0.344 e. The predicted octanol–water partition coefficient (Wildman–Crippen LogP) is 4.86. The lowest BCUT2D eigenvalue weighted by Crippen LogP contribution is -2.29. The van der Waals surface area contributed by atoms with Gasteiger partial charge in [0, 0.05) is 21.5 Å². The van der Waals surface area contributed by atoms with Crippen LogP contribution < -0.4 is 10.3 Å². The van der Waals surface area contributed by atoms with Gasteiger partial charge in [-0.3, -0.25) is 14.9 Å². The van der Waals surface area contributed by atoms with Crippen LogP contribution >= 0.6 is 31.9 Å². The largest absolute Gasteiger partial charge is 0.479 e. The lowest BCUT2D eigenvalue weighted by molar-refractivity contribution is -0.386. The average molecular weight is 596 g/mol. The van der Waals surface area contributed by atoms with Gasteiger partial charge in [0.25, 0.3) is 5.56 Å². The van der Waals surface area contributed by atoms with E-state index in [1.54, 1.807) is 18.2 Å². The number of fused-ring (bicyclic) bond motifs is 1. The normalized spacial score (nSPS) is 12.8. The third-order valence-electron chi connectivity index (χ3n) is 4.69. The quantitative estimate of drug-likeness (QED) is 0.244. The minimum Gasteiger partial charge on any atom is -0.479 e. The highest BCUT2D eigenvalue weighted by molar-refractivity contribution is 9.10. The van der Waals surface area contributed by atoms with E-state index in [-0.39, 0.29) is 15.8 Å². The van der Waals surface area contributed by atoms with Gasteiger partial charge in [-0.2, -0.15) is 9.78 Å². The molecule has 34 heavy (non-hydrogen) atoms. The number of nitrogens with zero attached hydrogens (tertiary/aromatic N) is 4. The molecule has 2 aromatic carbocycles. The molecule has 0 fully saturated rings. The Kier molecular flexibility index (Phi) is 7.22. The Morgan fingerprint density at radius 1 is 1.29 bits per heavy atom. The van der Waals surface area contributed by atoms with Gasteiger partial charge in [0.05, 0.1) is 26.5 Å². The van der Waals surface area contributed by atoms with Crippen molar-refractivity contribution in [3.05, 3.63) is 71.1 Å². The Bertz CT molecular complexity index is 1390. The molecule has 0 amide bonds. The van der Waals surface area contributed by atoms with E-state index in [1.165, 1.54) is 29.9 Å². The van der Waals surface area contributed by atoms with Crippen molar-refractivity contribution in [3.63, 3.8) is 0 Å². The second-order valence-corrected chi connectivity index (χ2v) is 10.2. The fraction of sp³-hybridized carbons (Fsp3) is 0.273. The van der Waals surface area contributed by atoms with Gasteiger partial charge in [-0.05, 0) is 47.1 Å². The molecule has 0 unspecified atom stereocenters. The highest BCUT2D eigenvalue weighted by atomic mass is 79.9. The Morgan fingerprint density at radius 2 is 1.97 bits per heavy atom. The summed E-state index contributed by atoms with van der Waals surface area (Å²) in [6.45, 7) is 6.94. The lowest BCUT2D eigenvalue weighted by Gasteiger charge is -2.20. The maximum atomic E-state index is 13.2. The van der Waals surface area contributed by atoms with Crippen molar-refractivity contribution in [3.8, 4) is 5.75 Å². The zero-order valence-electron chi connectivity index (χ0n) is 18.6. The van der Waals surface area contributed by atoms with Gasteiger partial charge >= 0.3 is 11.7 Å². The summed E-state index contributed by atoms with van der Waals surface area (Å²) in [4.78, 5) is 39.9. The van der Waals surface area contributed by atoms with E-state index in [0.717, 1.165) is 0 Å². The Balaban J connectivity index is 2.16. The van der Waals surface area contributed by atoms with Crippen LogP contribution in [0.4, 0.5) is 5.69 Å². The summed E-state index contributed by atoms with van der Waals surface area (Å²) < 4.78 is 7.31. The lowest BCUT2D eigenvalue weighted by atomic mass is 9.95. The van der Waals surface area contributed by atoms with Crippen molar-refractivity contribution in [2.45, 2.75) is 39.2 Å². The molecule has 1 atom stereocenters. The highest BCUT2D eigenvalue weighted by Gasteiger charge is 2.25. The number of benzene rings is 2. The summed E-state index contributed by atoms with van der Waals surface area (Å²) in [6, 6.07) is 7.85. The van der Waals surface area contributed by atoms with Crippen LogP contribution in [-0.4, -0.2) is 38.0 Å². The summed E-state index contributed by atoms with van der Waals surface area (Å²) in [5.74, 6) is -1.08. The molecule has 3 rings (SSSR count). The monoisotopic (exact) mass is 594 g/mol. The van der Waals surface area contributed by atoms with Crippen molar-refractivity contribution >= 4 is 60.6 Å². The predicted molar refractivity (Wildman–Crippen MR) is 134 cm³/mol. The molecule has 0 saturated heterocycles. The number of nitro benzene ring substituents is 1. The Labute approximate surface area is 210 Å². The summed E-state index contributed by atoms with van der Waals surface area (Å²) in [5, 5.41) is 25.3. The molecule has 178 valence electrons. The summed E-state index contributed by atoms with van der Waals surface area (Å²) in [5.41, 5.74) is -0.564. The minimum atomic E-state index is -1.30. The molecule has 0 bridgehead atoms. The number of hydrogen-bond acceptors (Lipinski definition) is 7. The van der Waals surface area contributed by atoms with Gasteiger partial charge in [-0.25, -0.2) is 9.78 Å². The number of carbonyl (C=O) groups is 1. The van der Waals surface area contributed by atoms with Gasteiger partial charge in [0.15, 0.2) is 6.10 Å². The maximum absolute atomic E-state index is 13.2. The molecule has 1 N–H and O–H groups in total. The van der Waals surface area contributed by atoms with E-state index in [4.69, 9.17) is 9.84 Å². The molecule has 3 aromatic rings. The third kappa shape index (κ3) is 5.33. The van der Waals surface area contributed by atoms with Crippen LogP contribution in [0.3, 0.4) is 0 Å². The molecule has 1 aromatic heterocycles. The fourth-order valence-corrected chi connectivity index (χ4v) is 3.94. The molecule has 10 nitrogen and oxygen atoms in total. The standard InChI is InChI=1S/C22H20Br2N4O6/c1-11(20(30)31)34-18-15(24)7-12(8-17(18)28(32)33)10-25-27-19(29)14-9-13(23)5-6-16(14)26-21(27)22(2,3)4/h5-11H,1-4H3,(H,30,31)/t11-/m1/s1. The topological polar surface area (TPSA) is 137 Å². The molecule has 0 aliphatic carbocycles. The Morgan fingerprint density at radius 3 is 2.56 bits per heavy atom. The zero-order valence-corrected chi connectivity index (χ0v) is 21.7. The first-order valence-corrected chi connectivity index (χ1v) is 11.5. The molecular weight excluding hydrogens is 576 g/mol. The molecule has 0 radical (unpaired) electrons. The zero-order chi connectivity index (χ0) is 25.4. The van der Waals surface area contributed by atoms with Gasteiger partial charge < -0.3 is 9.84 Å². The molecule has 0 spiro atoms. The summed E-state index contributed by atoms with van der Waals surface area (Å²) in [6.07, 6.45) is -0.00459. The number of hydrogen-bond donors (Lipinski definition) is 1. The van der Waals surface area contributed by atoms with Crippen LogP contribution in [0.5, 0.6) is 5.75 Å². The number of rotatable bonds is 6. The van der Waals surface area contributed by atoms with Crippen molar-refractivity contribution in [1.29, 1.82) is 0 Å². The maximum Gasteiger partial charge on any atom is 0.344 e. The van der Waals surface area contributed by atoms with Crippen LogP contribution in [-0.2, 0) is 10.2 Å². The van der Waals surface area contributed by atoms with Crippen molar-refractivity contribution in [2.75, 3.05) is 0 Å². The number of ether oxygens (including phenoxy) is 1. The average Bonchev–Trinajstić information content (AvgIpc) is 2.73. The van der Waals surface area contributed by atoms with E-state index in [1.807, 2.05) is 20.8 Å². The van der Waals surface area contributed by atoms with Gasteiger partial charge in [-0.1, -0.05) is 36.7 Å². The van der Waals surface area contributed by atoms with E-state index in [0.29, 0.717) is 21.2 Å². The van der Waals surface area contributed by atoms with E-state index in [9.17, 15) is 19.7 Å². The molecular formula is C22H20Br2N4O6. The Hall–Kier alpha value is -3.12. The molecule has 0 saturated carbocycles. The second-order valence-electron chi connectivity index (χ2n) is 8.41. The molecule has 1 heterocycles. The number of aliphatic carboxylic acids is 1. The summed E-state index contributed by atoms with van der Waals surface area (Å²) >= 11 is 6.56. The van der Waals surface area contributed by atoms with Crippen LogP contribution in [0.1, 0.15) is 39.1 Å². The second kappa shape index (κ2) is 9.63. The molecule has 0 aliphatic heterocycles. The van der Waals surface area contributed by atoms with E-state index >= 15 is 0 Å². The number of carboxylic acids is 1.